The average molecular weight is 481 g/mol. The van der Waals surface area contributed by atoms with E-state index in [1.807, 2.05) is 24.3 Å². The van der Waals surface area contributed by atoms with Crippen LogP contribution in [0.15, 0.2) is 42.6 Å². The Morgan fingerprint density at radius 1 is 1.32 bits per heavy atom. The van der Waals surface area contributed by atoms with E-state index in [0.717, 1.165) is 16.5 Å². The molecule has 1 atom stereocenters. The van der Waals surface area contributed by atoms with Gasteiger partial charge < -0.3 is 20.3 Å². The predicted octanol–water partition coefficient (Wildman–Crippen LogP) is 5.27. The highest BCUT2D eigenvalue weighted by molar-refractivity contribution is 7.21. The number of benzene rings is 1. The van der Waals surface area contributed by atoms with Gasteiger partial charge in [-0.1, -0.05) is 17.7 Å². The number of nitrogens with one attached hydrogen (secondary N) is 2. The minimum atomic E-state index is -0.282. The second kappa shape index (κ2) is 10.2. The van der Waals surface area contributed by atoms with Crippen molar-refractivity contribution in [1.82, 2.24) is 9.88 Å². The van der Waals surface area contributed by atoms with E-state index in [0.29, 0.717) is 41.1 Å². The largest absolute Gasteiger partial charge is 0.450 e. The van der Waals surface area contributed by atoms with Crippen LogP contribution >= 0.6 is 35.3 Å². The van der Waals surface area contributed by atoms with Gasteiger partial charge in [-0.05, 0) is 43.7 Å². The van der Waals surface area contributed by atoms with Crippen LogP contribution in [0.1, 0.15) is 23.0 Å². The number of ether oxygens (including phenoxy) is 1. The smallest absolute Gasteiger partial charge is 0.409 e. The number of nitrogens with zero attached hydrogens (tertiary/aromatic N) is 2. The molecule has 0 bridgehead atoms. The summed E-state index contributed by atoms with van der Waals surface area (Å²) < 4.78 is 6.01. The van der Waals surface area contributed by atoms with Crippen LogP contribution in [0.25, 0.3) is 10.1 Å². The number of halogens is 2. The van der Waals surface area contributed by atoms with E-state index < -0.39 is 0 Å². The molecule has 0 radical (unpaired) electrons. The second-order valence-electron chi connectivity index (χ2n) is 6.92. The van der Waals surface area contributed by atoms with Gasteiger partial charge in [0.2, 0.25) is 0 Å². The van der Waals surface area contributed by atoms with Crippen LogP contribution in [0.5, 0.6) is 0 Å². The zero-order chi connectivity index (χ0) is 21.1. The summed E-state index contributed by atoms with van der Waals surface area (Å²) in [5.74, 6) is 0.494. The van der Waals surface area contributed by atoms with Gasteiger partial charge in [-0.25, -0.2) is 9.78 Å². The molecule has 4 rings (SSSR count). The average Bonchev–Trinajstić information content (AvgIpc) is 3.38. The van der Waals surface area contributed by atoms with Crippen LogP contribution in [-0.2, 0) is 4.74 Å². The Morgan fingerprint density at radius 2 is 2.16 bits per heavy atom. The quantitative estimate of drug-likeness (QED) is 0.519. The van der Waals surface area contributed by atoms with Crippen LogP contribution < -0.4 is 10.6 Å². The number of thiophene rings is 1. The lowest BCUT2D eigenvalue weighted by molar-refractivity contribution is 0.103. The zero-order valence-electron chi connectivity index (χ0n) is 16.8. The Bertz CT molecular complexity index is 1070. The van der Waals surface area contributed by atoms with Gasteiger partial charge in [0.1, 0.15) is 5.82 Å². The van der Waals surface area contributed by atoms with Crippen LogP contribution in [0.2, 0.25) is 5.02 Å². The Hall–Kier alpha value is -2.55. The van der Waals surface area contributed by atoms with Gasteiger partial charge in [0.25, 0.3) is 5.91 Å². The molecule has 3 aromatic rings. The third-order valence-corrected chi connectivity index (χ3v) is 6.25. The molecule has 2 aromatic heterocycles. The van der Waals surface area contributed by atoms with E-state index in [4.69, 9.17) is 16.3 Å². The molecule has 0 aliphatic carbocycles. The molecule has 1 aliphatic rings. The summed E-state index contributed by atoms with van der Waals surface area (Å²) in [6, 6.07) is 11.1. The highest BCUT2D eigenvalue weighted by atomic mass is 35.5. The van der Waals surface area contributed by atoms with Crippen molar-refractivity contribution in [3.05, 3.63) is 52.5 Å². The maximum Gasteiger partial charge on any atom is 0.409 e. The molecule has 0 saturated carbocycles. The number of likely N-dealkylation sites (tertiary alicyclic amines) is 1. The van der Waals surface area contributed by atoms with E-state index in [1.165, 1.54) is 11.3 Å². The first-order chi connectivity index (χ1) is 14.5. The highest BCUT2D eigenvalue weighted by Gasteiger charge is 2.27. The monoisotopic (exact) mass is 480 g/mol. The van der Waals surface area contributed by atoms with Gasteiger partial charge in [-0.15, -0.1) is 23.7 Å². The zero-order valence-corrected chi connectivity index (χ0v) is 19.1. The van der Waals surface area contributed by atoms with E-state index in [1.54, 1.807) is 30.2 Å². The van der Waals surface area contributed by atoms with Crippen LogP contribution in [0.3, 0.4) is 0 Å². The van der Waals surface area contributed by atoms with Gasteiger partial charge >= 0.3 is 6.09 Å². The third-order valence-electron chi connectivity index (χ3n) is 4.82. The standard InChI is InChI=1S/C21H21ClN4O3S.ClH/c1-2-29-21(28)26-9-8-14(12-26)24-19-7-6-13(11-23-19)25-20(27)18-10-15-16(22)4-3-5-17(15)30-18;/h3-7,10-11,14H,2,8-9,12H2,1H3,(H,23,24)(H,25,27);1H. The number of amides is 2. The summed E-state index contributed by atoms with van der Waals surface area (Å²) in [6.07, 6.45) is 2.15. The first-order valence-electron chi connectivity index (χ1n) is 9.67. The van der Waals surface area contributed by atoms with Crippen molar-refractivity contribution in [1.29, 1.82) is 0 Å². The lowest BCUT2D eigenvalue weighted by atomic mass is 10.2. The number of pyridine rings is 1. The van der Waals surface area contributed by atoms with Gasteiger partial charge in [-0.2, -0.15) is 0 Å². The van der Waals surface area contributed by atoms with Gasteiger partial charge in [0, 0.05) is 34.2 Å². The second-order valence-corrected chi connectivity index (χ2v) is 8.41. The minimum Gasteiger partial charge on any atom is -0.450 e. The fraction of sp³-hybridized carbons (Fsp3) is 0.286. The van der Waals surface area contributed by atoms with E-state index in [9.17, 15) is 9.59 Å². The van der Waals surface area contributed by atoms with Crippen LogP contribution in [-0.4, -0.2) is 47.6 Å². The molecule has 10 heteroatoms. The fourth-order valence-electron chi connectivity index (χ4n) is 3.35. The molecule has 7 nitrogen and oxygen atoms in total. The summed E-state index contributed by atoms with van der Waals surface area (Å²) in [7, 11) is 0. The molecule has 164 valence electrons. The van der Waals surface area contributed by atoms with Crippen molar-refractivity contribution in [2.45, 2.75) is 19.4 Å². The number of hydrogen-bond acceptors (Lipinski definition) is 6. The number of rotatable bonds is 5. The number of anilines is 2. The molecule has 1 aromatic carbocycles. The molecular formula is C21H22Cl2N4O3S. The number of fused-ring (bicyclic) bond motifs is 1. The first-order valence-corrected chi connectivity index (χ1v) is 10.9. The number of carbonyl (C=O) groups excluding carboxylic acids is 2. The molecule has 2 amide bonds. The van der Waals surface area contributed by atoms with Crippen molar-refractivity contribution >= 4 is 68.9 Å². The summed E-state index contributed by atoms with van der Waals surface area (Å²) in [5.41, 5.74) is 0.605. The Morgan fingerprint density at radius 3 is 2.87 bits per heavy atom. The molecule has 31 heavy (non-hydrogen) atoms. The Labute approximate surface area is 195 Å². The van der Waals surface area contributed by atoms with Crippen molar-refractivity contribution in [2.24, 2.45) is 0 Å². The topological polar surface area (TPSA) is 83.6 Å². The van der Waals surface area contributed by atoms with Crippen LogP contribution in [0.4, 0.5) is 16.3 Å². The Balaban J connectivity index is 0.00000272. The molecule has 2 N–H and O–H groups in total. The maximum absolute atomic E-state index is 12.6. The van der Waals surface area contributed by atoms with Gasteiger partial charge in [0.15, 0.2) is 0 Å². The number of hydrogen-bond donors (Lipinski definition) is 2. The molecule has 1 saturated heterocycles. The molecule has 1 aliphatic heterocycles. The minimum absolute atomic E-state index is 0. The lowest BCUT2D eigenvalue weighted by Crippen LogP contribution is -2.32. The molecule has 0 spiro atoms. The van der Waals surface area contributed by atoms with Crippen molar-refractivity contribution in [3.63, 3.8) is 0 Å². The Kier molecular flexibility index (Phi) is 7.59. The van der Waals surface area contributed by atoms with Crippen LogP contribution in [0, 0.1) is 0 Å². The van der Waals surface area contributed by atoms with E-state index in [-0.39, 0.29) is 30.4 Å². The van der Waals surface area contributed by atoms with Gasteiger partial charge in [-0.3, -0.25) is 4.79 Å². The maximum atomic E-state index is 12.6. The third kappa shape index (κ3) is 5.39. The number of aromatic nitrogens is 1. The number of carbonyl (C=O) groups is 2. The molecule has 1 fully saturated rings. The summed E-state index contributed by atoms with van der Waals surface area (Å²) in [4.78, 5) is 31.0. The SMILES string of the molecule is CCOC(=O)N1CCC(Nc2ccc(NC(=O)c3cc4c(Cl)cccc4s3)cn2)C1.Cl. The van der Waals surface area contributed by atoms with E-state index >= 15 is 0 Å². The molecule has 3 heterocycles. The summed E-state index contributed by atoms with van der Waals surface area (Å²) in [6.45, 7) is 3.40. The predicted molar refractivity (Wildman–Crippen MR) is 127 cm³/mol. The molecule has 1 unspecified atom stereocenters. The van der Waals surface area contributed by atoms with Gasteiger partial charge in [0.05, 0.1) is 23.4 Å². The van der Waals surface area contributed by atoms with Crippen molar-refractivity contribution < 1.29 is 14.3 Å². The lowest BCUT2D eigenvalue weighted by Gasteiger charge is -2.16. The highest BCUT2D eigenvalue weighted by Crippen LogP contribution is 2.31. The van der Waals surface area contributed by atoms with Crippen molar-refractivity contribution in [3.8, 4) is 0 Å². The first kappa shape index (κ1) is 23.1. The van der Waals surface area contributed by atoms with E-state index in [2.05, 4.69) is 15.6 Å². The summed E-state index contributed by atoms with van der Waals surface area (Å²) >= 11 is 7.59. The molecular weight excluding hydrogens is 459 g/mol. The normalized spacial score (nSPS) is 15.4. The summed E-state index contributed by atoms with van der Waals surface area (Å²) in [5, 5.41) is 7.69. The van der Waals surface area contributed by atoms with Crippen molar-refractivity contribution in [2.75, 3.05) is 30.3 Å². The fourth-order valence-corrected chi connectivity index (χ4v) is 4.62.